The Kier molecular flexibility index (Phi) is 7.94. The summed E-state index contributed by atoms with van der Waals surface area (Å²) >= 11 is 0. The van der Waals surface area contributed by atoms with Gasteiger partial charge in [0, 0.05) is 19.3 Å². The molecular weight excluding hydrogens is 509 g/mol. The van der Waals surface area contributed by atoms with Gasteiger partial charge in [-0.25, -0.2) is 9.48 Å². The maximum absolute atomic E-state index is 13.7. The highest BCUT2D eigenvalue weighted by Gasteiger charge is 2.35. The standard InChI is InChI=1S/C29H29F3N4O3/c1-18(2)27-26(36(34-33-27)25-8-6-5-7-23(25)29(30,31)32)17-39-22-13-14-24(19(3)15-22)35(4)16-20-9-11-21(12-10-20)28(37)38/h5-15,18H,16-17H2,1-4H3,(H,37,38). The highest BCUT2D eigenvalue weighted by molar-refractivity contribution is 5.87. The van der Waals surface area contributed by atoms with Crippen molar-refractivity contribution in [2.45, 2.75) is 46.0 Å². The Morgan fingerprint density at radius 3 is 2.38 bits per heavy atom. The number of hydrogen-bond donors (Lipinski definition) is 1. The molecule has 1 aromatic heterocycles. The molecule has 10 heteroatoms. The maximum atomic E-state index is 13.7. The van der Waals surface area contributed by atoms with Gasteiger partial charge < -0.3 is 14.7 Å². The van der Waals surface area contributed by atoms with Crippen molar-refractivity contribution in [2.75, 3.05) is 11.9 Å². The van der Waals surface area contributed by atoms with Gasteiger partial charge in [-0.2, -0.15) is 13.2 Å². The van der Waals surface area contributed by atoms with Crippen molar-refractivity contribution in [3.05, 3.63) is 100 Å². The van der Waals surface area contributed by atoms with E-state index in [1.165, 1.54) is 22.9 Å². The Labute approximate surface area is 224 Å². The zero-order chi connectivity index (χ0) is 28.3. The van der Waals surface area contributed by atoms with Crippen LogP contribution in [0.2, 0.25) is 0 Å². The monoisotopic (exact) mass is 538 g/mol. The number of halogens is 3. The lowest BCUT2D eigenvalue weighted by molar-refractivity contribution is -0.137. The molecule has 0 spiro atoms. The van der Waals surface area contributed by atoms with Crippen LogP contribution in [0.25, 0.3) is 5.69 Å². The molecule has 0 saturated heterocycles. The van der Waals surface area contributed by atoms with Crippen molar-refractivity contribution >= 4 is 11.7 Å². The summed E-state index contributed by atoms with van der Waals surface area (Å²) in [5.41, 5.74) is 3.20. The van der Waals surface area contributed by atoms with E-state index in [4.69, 9.17) is 9.84 Å². The van der Waals surface area contributed by atoms with E-state index in [0.29, 0.717) is 23.7 Å². The molecule has 0 amide bonds. The first-order chi connectivity index (χ1) is 18.5. The molecule has 0 aliphatic heterocycles. The largest absolute Gasteiger partial charge is 0.487 e. The second kappa shape index (κ2) is 11.2. The minimum absolute atomic E-state index is 0.0166. The van der Waals surface area contributed by atoms with Crippen molar-refractivity contribution in [1.29, 1.82) is 0 Å². The SMILES string of the molecule is Cc1cc(OCc2c(C(C)C)nnn2-c2ccccc2C(F)(F)F)ccc1N(C)Cc1ccc(C(=O)O)cc1. The summed E-state index contributed by atoms with van der Waals surface area (Å²) in [5, 5.41) is 17.3. The van der Waals surface area contributed by atoms with Gasteiger partial charge in [0.2, 0.25) is 0 Å². The van der Waals surface area contributed by atoms with Gasteiger partial charge >= 0.3 is 12.1 Å². The summed E-state index contributed by atoms with van der Waals surface area (Å²) in [5.74, 6) is -0.481. The number of aryl methyl sites for hydroxylation is 1. The minimum atomic E-state index is -4.55. The normalized spacial score (nSPS) is 11.6. The fraction of sp³-hybridized carbons (Fsp3) is 0.276. The Morgan fingerprint density at radius 1 is 1.08 bits per heavy atom. The molecule has 0 unspecified atom stereocenters. The van der Waals surface area contributed by atoms with Crippen molar-refractivity contribution in [3.8, 4) is 11.4 Å². The first-order valence-corrected chi connectivity index (χ1v) is 12.3. The van der Waals surface area contributed by atoms with Crippen LogP contribution in [0.5, 0.6) is 5.75 Å². The molecule has 39 heavy (non-hydrogen) atoms. The van der Waals surface area contributed by atoms with Crippen LogP contribution in [0, 0.1) is 6.92 Å². The van der Waals surface area contributed by atoms with E-state index in [1.54, 1.807) is 30.3 Å². The second-order valence-corrected chi connectivity index (χ2v) is 9.60. The van der Waals surface area contributed by atoms with Crippen LogP contribution >= 0.6 is 0 Å². The molecule has 1 N–H and O–H groups in total. The number of carbonyl (C=O) groups is 1. The Morgan fingerprint density at radius 2 is 1.77 bits per heavy atom. The zero-order valence-electron chi connectivity index (χ0n) is 22.0. The summed E-state index contributed by atoms with van der Waals surface area (Å²) in [4.78, 5) is 13.1. The van der Waals surface area contributed by atoms with Crippen LogP contribution in [-0.2, 0) is 19.3 Å². The number of ether oxygens (including phenoxy) is 1. The average Bonchev–Trinajstić information content (AvgIpc) is 3.31. The van der Waals surface area contributed by atoms with E-state index in [2.05, 4.69) is 10.3 Å². The number of rotatable bonds is 9. The van der Waals surface area contributed by atoms with Crippen molar-refractivity contribution in [2.24, 2.45) is 0 Å². The highest BCUT2D eigenvalue weighted by atomic mass is 19.4. The molecule has 1 heterocycles. The smallest absolute Gasteiger partial charge is 0.418 e. The van der Waals surface area contributed by atoms with Crippen LogP contribution in [0.3, 0.4) is 0 Å². The summed E-state index contributed by atoms with van der Waals surface area (Å²) in [7, 11) is 1.94. The third-order valence-corrected chi connectivity index (χ3v) is 6.35. The van der Waals surface area contributed by atoms with Gasteiger partial charge in [-0.05, 0) is 66.4 Å². The number of hydrogen-bond acceptors (Lipinski definition) is 5. The van der Waals surface area contributed by atoms with E-state index in [9.17, 15) is 18.0 Å². The first kappa shape index (κ1) is 27.7. The van der Waals surface area contributed by atoms with Gasteiger partial charge in [-0.15, -0.1) is 5.10 Å². The van der Waals surface area contributed by atoms with E-state index in [1.807, 2.05) is 44.9 Å². The number of nitrogens with zero attached hydrogens (tertiary/aromatic N) is 4. The van der Waals surface area contributed by atoms with Crippen molar-refractivity contribution < 1.29 is 27.8 Å². The lowest BCUT2D eigenvalue weighted by atomic mass is 10.1. The Hall–Kier alpha value is -4.34. The molecule has 3 aromatic carbocycles. The van der Waals surface area contributed by atoms with Gasteiger partial charge in [-0.3, -0.25) is 0 Å². The van der Waals surface area contributed by atoms with Crippen LogP contribution in [-0.4, -0.2) is 33.1 Å². The Bertz CT molecular complexity index is 1460. The molecule has 0 radical (unpaired) electrons. The predicted molar refractivity (Wildman–Crippen MR) is 141 cm³/mol. The number of carboxylic acids is 1. The Balaban J connectivity index is 1.54. The van der Waals surface area contributed by atoms with E-state index < -0.39 is 17.7 Å². The van der Waals surface area contributed by atoms with Crippen LogP contribution < -0.4 is 9.64 Å². The second-order valence-electron chi connectivity index (χ2n) is 9.60. The van der Waals surface area contributed by atoms with Gasteiger partial charge in [-0.1, -0.05) is 43.3 Å². The third kappa shape index (κ3) is 6.22. The van der Waals surface area contributed by atoms with E-state index >= 15 is 0 Å². The van der Waals surface area contributed by atoms with Gasteiger partial charge in [0.05, 0.1) is 22.5 Å². The van der Waals surface area contributed by atoms with E-state index in [-0.39, 0.29) is 23.8 Å². The lowest BCUT2D eigenvalue weighted by Gasteiger charge is -2.22. The number of benzene rings is 3. The van der Waals surface area contributed by atoms with Crippen LogP contribution in [0.15, 0.2) is 66.7 Å². The fourth-order valence-corrected chi connectivity index (χ4v) is 4.40. The van der Waals surface area contributed by atoms with Gasteiger partial charge in [0.25, 0.3) is 0 Å². The molecule has 0 fully saturated rings. The zero-order valence-corrected chi connectivity index (χ0v) is 22.0. The quantitative estimate of drug-likeness (QED) is 0.258. The summed E-state index contributed by atoms with van der Waals surface area (Å²) in [6.45, 7) is 6.30. The average molecular weight is 539 g/mol. The molecule has 0 saturated carbocycles. The highest BCUT2D eigenvalue weighted by Crippen LogP contribution is 2.35. The van der Waals surface area contributed by atoms with Crippen LogP contribution in [0.4, 0.5) is 18.9 Å². The molecular formula is C29H29F3N4O3. The number of carboxylic acid groups (broad SMARTS) is 1. The lowest BCUT2D eigenvalue weighted by Crippen LogP contribution is -2.17. The van der Waals surface area contributed by atoms with E-state index in [0.717, 1.165) is 22.9 Å². The first-order valence-electron chi connectivity index (χ1n) is 12.3. The summed E-state index contributed by atoms with van der Waals surface area (Å²) < 4.78 is 48.3. The van der Waals surface area contributed by atoms with Crippen LogP contribution in [0.1, 0.15) is 58.2 Å². The fourth-order valence-electron chi connectivity index (χ4n) is 4.40. The number of aromatic nitrogens is 3. The summed E-state index contributed by atoms with van der Waals surface area (Å²) in [6, 6.07) is 17.6. The maximum Gasteiger partial charge on any atom is 0.418 e. The molecule has 0 bridgehead atoms. The number of aromatic carboxylic acids is 1. The molecule has 0 aliphatic carbocycles. The third-order valence-electron chi connectivity index (χ3n) is 6.35. The predicted octanol–water partition coefficient (Wildman–Crippen LogP) is 6.63. The van der Waals surface area contributed by atoms with Gasteiger partial charge in [0.1, 0.15) is 18.1 Å². The molecule has 7 nitrogen and oxygen atoms in total. The molecule has 204 valence electrons. The van der Waals surface area contributed by atoms with Crippen molar-refractivity contribution in [1.82, 2.24) is 15.0 Å². The molecule has 0 atom stereocenters. The summed E-state index contributed by atoms with van der Waals surface area (Å²) in [6.07, 6.45) is -4.55. The number of anilines is 1. The topological polar surface area (TPSA) is 80.5 Å². The van der Waals surface area contributed by atoms with Crippen molar-refractivity contribution in [3.63, 3.8) is 0 Å². The number of para-hydroxylation sites is 1. The molecule has 0 aliphatic rings. The minimum Gasteiger partial charge on any atom is -0.487 e. The molecule has 4 aromatic rings. The number of alkyl halides is 3. The molecule has 4 rings (SSSR count). The van der Waals surface area contributed by atoms with Gasteiger partial charge in [0.15, 0.2) is 0 Å².